The van der Waals surface area contributed by atoms with Crippen LogP contribution in [0.1, 0.15) is 11.1 Å². The zero-order valence-electron chi connectivity index (χ0n) is 24.4. The minimum Gasteiger partial charge on any atom is -0.278 e. The summed E-state index contributed by atoms with van der Waals surface area (Å²) in [4.78, 5) is 10.5. The van der Waals surface area contributed by atoms with Gasteiger partial charge in [-0.25, -0.2) is 9.97 Å². The molecule has 0 spiro atoms. The quantitative estimate of drug-likeness (QED) is 0.208. The molecule has 0 bridgehead atoms. The molecule has 9 aromatic rings. The third-order valence-corrected chi connectivity index (χ3v) is 9.82. The number of thiophene rings is 1. The van der Waals surface area contributed by atoms with Crippen LogP contribution in [0.4, 0.5) is 0 Å². The molecule has 3 heterocycles. The summed E-state index contributed by atoms with van der Waals surface area (Å²) in [5.74, 6) is 0.681. The SMILES string of the molecule is Cc1cc(C)cc(-c2nc(-n3c4ccccc4c4ccc(-c5ccc6sc7ccccc7c6c5)cc43)nc3ccccc23)c1. The summed E-state index contributed by atoms with van der Waals surface area (Å²) < 4.78 is 4.88. The molecule has 4 heteroatoms. The van der Waals surface area contributed by atoms with Gasteiger partial charge in [0.15, 0.2) is 0 Å². The van der Waals surface area contributed by atoms with Gasteiger partial charge in [-0.15, -0.1) is 11.3 Å². The van der Waals surface area contributed by atoms with Crippen molar-refractivity contribution < 1.29 is 0 Å². The number of para-hydroxylation sites is 2. The molecule has 44 heavy (non-hydrogen) atoms. The predicted molar refractivity (Wildman–Crippen MR) is 187 cm³/mol. The minimum atomic E-state index is 0.681. The fourth-order valence-corrected chi connectivity index (χ4v) is 7.85. The van der Waals surface area contributed by atoms with E-state index in [0.717, 1.165) is 33.2 Å². The van der Waals surface area contributed by atoms with Gasteiger partial charge in [-0.05, 0) is 73.5 Å². The normalized spacial score (nSPS) is 11.9. The molecule has 3 aromatic heterocycles. The molecular weight excluding hydrogens is 555 g/mol. The number of rotatable bonds is 3. The number of aryl methyl sites for hydroxylation is 2. The van der Waals surface area contributed by atoms with E-state index in [1.54, 1.807) is 0 Å². The van der Waals surface area contributed by atoms with Crippen LogP contribution in [0.25, 0.3) is 81.2 Å². The maximum Gasteiger partial charge on any atom is 0.235 e. The summed E-state index contributed by atoms with van der Waals surface area (Å²) in [5, 5.41) is 6.06. The van der Waals surface area contributed by atoms with Gasteiger partial charge in [0.1, 0.15) is 0 Å². The zero-order chi connectivity index (χ0) is 29.4. The Morgan fingerprint density at radius 1 is 0.477 bits per heavy atom. The molecule has 208 valence electrons. The van der Waals surface area contributed by atoms with Gasteiger partial charge in [0.2, 0.25) is 5.95 Å². The van der Waals surface area contributed by atoms with Crippen LogP contribution in [0, 0.1) is 13.8 Å². The average molecular weight is 582 g/mol. The van der Waals surface area contributed by atoms with E-state index in [-0.39, 0.29) is 0 Å². The van der Waals surface area contributed by atoms with Crippen molar-refractivity contribution in [2.24, 2.45) is 0 Å². The predicted octanol–water partition coefficient (Wildman–Crippen LogP) is 11.0. The topological polar surface area (TPSA) is 30.7 Å². The highest BCUT2D eigenvalue weighted by Gasteiger charge is 2.18. The van der Waals surface area contributed by atoms with Crippen molar-refractivity contribution >= 4 is 64.2 Å². The van der Waals surface area contributed by atoms with E-state index in [4.69, 9.17) is 9.97 Å². The van der Waals surface area contributed by atoms with Crippen molar-refractivity contribution in [3.05, 3.63) is 139 Å². The largest absolute Gasteiger partial charge is 0.278 e. The molecule has 0 saturated heterocycles. The molecular formula is C40H27N3S. The third-order valence-electron chi connectivity index (χ3n) is 8.67. The smallest absolute Gasteiger partial charge is 0.235 e. The standard InChI is InChI=1S/C40H27N3S/c1-24-19-25(2)21-28(20-24)39-32-11-3-6-12-34(32)41-40(42-39)43-35-13-7-4-9-29(35)30-17-15-27(23-36(30)43)26-16-18-38-33(22-26)31-10-5-8-14-37(31)44-38/h3-23H,1-2H3. The van der Waals surface area contributed by atoms with E-state index >= 15 is 0 Å². The molecule has 9 rings (SSSR count). The number of hydrogen-bond acceptors (Lipinski definition) is 3. The van der Waals surface area contributed by atoms with Gasteiger partial charge in [-0.3, -0.25) is 4.57 Å². The van der Waals surface area contributed by atoms with E-state index in [2.05, 4.69) is 146 Å². The Balaban J connectivity index is 1.32. The second kappa shape index (κ2) is 9.60. The number of nitrogens with zero attached hydrogens (tertiary/aromatic N) is 3. The molecule has 0 atom stereocenters. The van der Waals surface area contributed by atoms with Crippen molar-refractivity contribution in [3.8, 4) is 28.3 Å². The van der Waals surface area contributed by atoms with Crippen molar-refractivity contribution in [2.75, 3.05) is 0 Å². The van der Waals surface area contributed by atoms with Gasteiger partial charge >= 0.3 is 0 Å². The Bertz CT molecular complexity index is 2570. The second-order valence-corrected chi connectivity index (χ2v) is 12.7. The first-order valence-electron chi connectivity index (χ1n) is 14.9. The van der Waals surface area contributed by atoms with Crippen molar-refractivity contribution in [3.63, 3.8) is 0 Å². The Labute approximate surface area is 258 Å². The zero-order valence-corrected chi connectivity index (χ0v) is 25.2. The van der Waals surface area contributed by atoms with Crippen molar-refractivity contribution in [1.82, 2.24) is 14.5 Å². The fraction of sp³-hybridized carbons (Fsp3) is 0.0500. The highest BCUT2D eigenvalue weighted by atomic mass is 32.1. The molecule has 0 saturated carbocycles. The lowest BCUT2D eigenvalue weighted by atomic mass is 10.0. The van der Waals surface area contributed by atoms with Crippen LogP contribution in [-0.2, 0) is 0 Å². The highest BCUT2D eigenvalue weighted by molar-refractivity contribution is 7.25. The first-order chi connectivity index (χ1) is 21.6. The molecule has 0 aliphatic heterocycles. The lowest BCUT2D eigenvalue weighted by Gasteiger charge is -2.13. The summed E-state index contributed by atoms with van der Waals surface area (Å²) in [5.41, 5.74) is 10.0. The van der Waals surface area contributed by atoms with Gasteiger partial charge in [-0.1, -0.05) is 90.0 Å². The van der Waals surface area contributed by atoms with Crippen LogP contribution < -0.4 is 0 Å². The Morgan fingerprint density at radius 2 is 1.14 bits per heavy atom. The van der Waals surface area contributed by atoms with Crippen LogP contribution >= 0.6 is 11.3 Å². The number of benzene rings is 6. The van der Waals surface area contributed by atoms with Gasteiger partial charge in [0.05, 0.1) is 22.2 Å². The minimum absolute atomic E-state index is 0.681. The fourth-order valence-electron chi connectivity index (χ4n) is 6.77. The first-order valence-corrected chi connectivity index (χ1v) is 15.7. The Kier molecular flexibility index (Phi) is 5.50. The molecule has 0 N–H and O–H groups in total. The lowest BCUT2D eigenvalue weighted by Crippen LogP contribution is -2.03. The summed E-state index contributed by atoms with van der Waals surface area (Å²) in [6.07, 6.45) is 0. The summed E-state index contributed by atoms with van der Waals surface area (Å²) in [6, 6.07) is 45.9. The van der Waals surface area contributed by atoms with E-state index in [1.807, 2.05) is 11.3 Å². The second-order valence-electron chi connectivity index (χ2n) is 11.7. The highest BCUT2D eigenvalue weighted by Crippen LogP contribution is 2.39. The van der Waals surface area contributed by atoms with Crippen molar-refractivity contribution in [1.29, 1.82) is 0 Å². The first kappa shape index (κ1) is 25.2. The van der Waals surface area contributed by atoms with Crippen LogP contribution in [0.15, 0.2) is 127 Å². The Hall–Kier alpha value is -5.32. The monoisotopic (exact) mass is 581 g/mol. The molecule has 0 aliphatic carbocycles. The van der Waals surface area contributed by atoms with Crippen LogP contribution in [0.2, 0.25) is 0 Å². The molecule has 0 amide bonds. The molecule has 0 aliphatic rings. The van der Waals surface area contributed by atoms with E-state index < -0.39 is 0 Å². The lowest BCUT2D eigenvalue weighted by molar-refractivity contribution is 1.01. The molecule has 3 nitrogen and oxygen atoms in total. The van der Waals surface area contributed by atoms with Crippen LogP contribution in [0.5, 0.6) is 0 Å². The summed E-state index contributed by atoms with van der Waals surface area (Å²) >= 11 is 1.85. The third kappa shape index (κ3) is 3.88. The van der Waals surface area contributed by atoms with E-state index in [9.17, 15) is 0 Å². The van der Waals surface area contributed by atoms with Gasteiger partial charge in [-0.2, -0.15) is 0 Å². The van der Waals surface area contributed by atoms with Gasteiger partial charge < -0.3 is 0 Å². The van der Waals surface area contributed by atoms with Crippen molar-refractivity contribution in [2.45, 2.75) is 13.8 Å². The summed E-state index contributed by atoms with van der Waals surface area (Å²) in [7, 11) is 0. The number of hydrogen-bond donors (Lipinski definition) is 0. The molecule has 0 radical (unpaired) electrons. The maximum absolute atomic E-state index is 5.32. The van der Waals surface area contributed by atoms with Crippen LogP contribution in [0.3, 0.4) is 0 Å². The van der Waals surface area contributed by atoms with E-state index in [1.165, 1.54) is 53.2 Å². The molecule has 6 aromatic carbocycles. The number of fused-ring (bicyclic) bond motifs is 7. The Morgan fingerprint density at radius 3 is 2.00 bits per heavy atom. The summed E-state index contributed by atoms with van der Waals surface area (Å²) in [6.45, 7) is 4.29. The number of aromatic nitrogens is 3. The average Bonchev–Trinajstić information content (AvgIpc) is 3.58. The van der Waals surface area contributed by atoms with Gasteiger partial charge in [0, 0.05) is 41.9 Å². The molecule has 0 fully saturated rings. The van der Waals surface area contributed by atoms with Crippen LogP contribution in [-0.4, -0.2) is 14.5 Å². The van der Waals surface area contributed by atoms with Gasteiger partial charge in [0.25, 0.3) is 0 Å². The maximum atomic E-state index is 5.32. The van der Waals surface area contributed by atoms with E-state index in [0.29, 0.717) is 5.95 Å². The molecule has 0 unspecified atom stereocenters.